The van der Waals surface area contributed by atoms with Gasteiger partial charge in [-0.2, -0.15) is 0 Å². The van der Waals surface area contributed by atoms with Crippen molar-refractivity contribution in [2.75, 3.05) is 6.54 Å². The Kier molecular flexibility index (Phi) is 4.35. The maximum absolute atomic E-state index is 13.0. The van der Waals surface area contributed by atoms with Crippen LogP contribution < -0.4 is 5.73 Å². The predicted octanol–water partition coefficient (Wildman–Crippen LogP) is 2.58. The Hall–Kier alpha value is -0.610. The highest BCUT2D eigenvalue weighted by atomic mass is 79.9. The van der Waals surface area contributed by atoms with Crippen LogP contribution in [0.25, 0.3) is 0 Å². The first-order valence-electron chi connectivity index (χ1n) is 4.52. The summed E-state index contributed by atoms with van der Waals surface area (Å²) in [5.41, 5.74) is 5.97. The van der Waals surface area contributed by atoms with Crippen molar-refractivity contribution in [3.63, 3.8) is 0 Å². The molecule has 0 bridgehead atoms. The largest absolute Gasteiger partial charge is 0.505 e. The summed E-state index contributed by atoms with van der Waals surface area (Å²) in [6.07, 6.45) is 2.40. The fourth-order valence-corrected chi connectivity index (χ4v) is 1.75. The lowest BCUT2D eigenvalue weighted by molar-refractivity contribution is 0.424. The topological polar surface area (TPSA) is 46.2 Å². The van der Waals surface area contributed by atoms with Gasteiger partial charge in [0.2, 0.25) is 0 Å². The molecule has 0 saturated heterocycles. The summed E-state index contributed by atoms with van der Waals surface area (Å²) in [7, 11) is 0. The number of phenols is 1. The highest BCUT2D eigenvalue weighted by Gasteiger charge is 2.08. The molecule has 0 heterocycles. The van der Waals surface area contributed by atoms with Gasteiger partial charge in [0, 0.05) is 4.47 Å². The van der Waals surface area contributed by atoms with Crippen molar-refractivity contribution < 1.29 is 9.50 Å². The first kappa shape index (κ1) is 11.5. The van der Waals surface area contributed by atoms with E-state index in [1.807, 2.05) is 0 Å². The lowest BCUT2D eigenvalue weighted by Gasteiger charge is -2.05. The average Bonchev–Trinajstić information content (AvgIpc) is 2.13. The summed E-state index contributed by atoms with van der Waals surface area (Å²) in [4.78, 5) is 0. The molecule has 78 valence electrons. The molecule has 4 heteroatoms. The highest BCUT2D eigenvalue weighted by molar-refractivity contribution is 9.10. The first-order chi connectivity index (χ1) is 6.65. The number of hydrogen-bond donors (Lipinski definition) is 2. The maximum Gasteiger partial charge on any atom is 0.166 e. The molecule has 1 rings (SSSR count). The average molecular weight is 262 g/mol. The van der Waals surface area contributed by atoms with Crippen LogP contribution in [0.4, 0.5) is 4.39 Å². The number of hydrogen-bond acceptors (Lipinski definition) is 2. The molecule has 1 aromatic rings. The zero-order valence-electron chi connectivity index (χ0n) is 7.76. The molecular weight excluding hydrogens is 249 g/mol. The number of benzene rings is 1. The second kappa shape index (κ2) is 5.32. The van der Waals surface area contributed by atoms with Gasteiger partial charge in [0.1, 0.15) is 0 Å². The molecule has 2 nitrogen and oxygen atoms in total. The smallest absolute Gasteiger partial charge is 0.166 e. The Morgan fingerprint density at radius 1 is 1.36 bits per heavy atom. The first-order valence-corrected chi connectivity index (χ1v) is 5.31. The van der Waals surface area contributed by atoms with Crippen LogP contribution in [-0.2, 0) is 6.42 Å². The third-order valence-electron chi connectivity index (χ3n) is 2.01. The fraction of sp³-hybridized carbons (Fsp3) is 0.400. The molecular formula is C10H13BrFNO. The Labute approximate surface area is 91.1 Å². The molecule has 0 fully saturated rings. The Bertz CT molecular complexity index is 317. The number of halogens is 2. The van der Waals surface area contributed by atoms with Crippen molar-refractivity contribution in [3.05, 3.63) is 28.0 Å². The van der Waals surface area contributed by atoms with Crippen molar-refractivity contribution in [1.29, 1.82) is 0 Å². The molecule has 1 aromatic carbocycles. The molecule has 0 aromatic heterocycles. The molecule has 0 saturated carbocycles. The molecule has 3 N–H and O–H groups in total. The van der Waals surface area contributed by atoms with E-state index in [1.54, 1.807) is 6.07 Å². The second-order valence-electron chi connectivity index (χ2n) is 3.14. The summed E-state index contributed by atoms with van der Waals surface area (Å²) in [6.45, 7) is 0.622. The van der Waals surface area contributed by atoms with Crippen LogP contribution in [0.15, 0.2) is 16.6 Å². The van der Waals surface area contributed by atoms with Crippen LogP contribution in [0.2, 0.25) is 0 Å². The molecule has 14 heavy (non-hydrogen) atoms. The van der Waals surface area contributed by atoms with E-state index in [0.29, 0.717) is 23.0 Å². The zero-order valence-corrected chi connectivity index (χ0v) is 9.35. The summed E-state index contributed by atoms with van der Waals surface area (Å²) >= 11 is 3.18. The molecule has 0 unspecified atom stereocenters. The van der Waals surface area contributed by atoms with Crippen LogP contribution in [0, 0.1) is 5.82 Å². The number of nitrogens with two attached hydrogens (primary N) is 1. The standard InChI is InChI=1S/C10H13BrFNO/c11-8-5-7(3-1-2-4-13)10(14)9(12)6-8/h5-6,14H,1-4,13H2. The third kappa shape index (κ3) is 2.96. The number of phenolic OH excluding ortho intramolecular Hbond substituents is 1. The van der Waals surface area contributed by atoms with Crippen LogP contribution in [0.1, 0.15) is 18.4 Å². The van der Waals surface area contributed by atoms with E-state index in [1.165, 1.54) is 6.07 Å². The summed E-state index contributed by atoms with van der Waals surface area (Å²) in [5, 5.41) is 9.39. The van der Waals surface area contributed by atoms with Crippen molar-refractivity contribution in [1.82, 2.24) is 0 Å². The zero-order chi connectivity index (χ0) is 10.6. The number of rotatable bonds is 4. The summed E-state index contributed by atoms with van der Waals surface area (Å²) in [5.74, 6) is -0.827. The van der Waals surface area contributed by atoms with Gasteiger partial charge in [-0.25, -0.2) is 4.39 Å². The van der Waals surface area contributed by atoms with E-state index in [2.05, 4.69) is 15.9 Å². The van der Waals surface area contributed by atoms with E-state index in [4.69, 9.17) is 5.73 Å². The van der Waals surface area contributed by atoms with Gasteiger partial charge >= 0.3 is 0 Å². The molecule has 0 aliphatic rings. The molecule has 0 aliphatic heterocycles. The summed E-state index contributed by atoms with van der Waals surface area (Å²) < 4.78 is 13.7. The molecule has 0 atom stereocenters. The van der Waals surface area contributed by atoms with Gasteiger partial charge in [0.15, 0.2) is 11.6 Å². The van der Waals surface area contributed by atoms with Crippen molar-refractivity contribution >= 4 is 15.9 Å². The van der Waals surface area contributed by atoms with Crippen molar-refractivity contribution in [2.24, 2.45) is 5.73 Å². The Balaban J connectivity index is 2.75. The normalized spacial score (nSPS) is 10.5. The van der Waals surface area contributed by atoms with Gasteiger partial charge < -0.3 is 10.8 Å². The predicted molar refractivity (Wildman–Crippen MR) is 57.8 cm³/mol. The minimum Gasteiger partial charge on any atom is -0.505 e. The van der Waals surface area contributed by atoms with Crippen molar-refractivity contribution in [2.45, 2.75) is 19.3 Å². The van der Waals surface area contributed by atoms with E-state index >= 15 is 0 Å². The third-order valence-corrected chi connectivity index (χ3v) is 2.47. The SMILES string of the molecule is NCCCCc1cc(Br)cc(F)c1O. The quantitative estimate of drug-likeness (QED) is 0.819. The maximum atomic E-state index is 13.0. The second-order valence-corrected chi connectivity index (χ2v) is 4.06. The summed E-state index contributed by atoms with van der Waals surface area (Å²) in [6, 6.07) is 2.98. The van der Waals surface area contributed by atoms with Gasteiger partial charge in [-0.15, -0.1) is 0 Å². The highest BCUT2D eigenvalue weighted by Crippen LogP contribution is 2.27. The van der Waals surface area contributed by atoms with Gasteiger partial charge in [-0.1, -0.05) is 15.9 Å². The fourth-order valence-electron chi connectivity index (χ4n) is 1.27. The number of unbranched alkanes of at least 4 members (excludes halogenated alkanes) is 1. The van der Waals surface area contributed by atoms with Gasteiger partial charge in [-0.3, -0.25) is 0 Å². The monoisotopic (exact) mass is 261 g/mol. The minimum atomic E-state index is -0.581. The van der Waals surface area contributed by atoms with Crippen molar-refractivity contribution in [3.8, 4) is 5.75 Å². The van der Waals surface area contributed by atoms with Gasteiger partial charge in [0.25, 0.3) is 0 Å². The van der Waals surface area contributed by atoms with Crippen LogP contribution in [0.3, 0.4) is 0 Å². The minimum absolute atomic E-state index is 0.245. The van der Waals surface area contributed by atoms with E-state index in [0.717, 1.165) is 12.8 Å². The number of aryl methyl sites for hydroxylation is 1. The lowest BCUT2D eigenvalue weighted by atomic mass is 10.1. The van der Waals surface area contributed by atoms with E-state index < -0.39 is 5.82 Å². The Morgan fingerprint density at radius 3 is 2.71 bits per heavy atom. The van der Waals surface area contributed by atoms with Crippen LogP contribution in [-0.4, -0.2) is 11.7 Å². The lowest BCUT2D eigenvalue weighted by Crippen LogP contribution is -1.99. The number of aromatic hydroxyl groups is 1. The van der Waals surface area contributed by atoms with Crippen LogP contribution >= 0.6 is 15.9 Å². The van der Waals surface area contributed by atoms with E-state index in [-0.39, 0.29) is 5.75 Å². The Morgan fingerprint density at radius 2 is 2.07 bits per heavy atom. The molecule has 0 aliphatic carbocycles. The van der Waals surface area contributed by atoms with Gasteiger partial charge in [-0.05, 0) is 43.5 Å². The molecule has 0 spiro atoms. The van der Waals surface area contributed by atoms with E-state index in [9.17, 15) is 9.50 Å². The molecule has 0 amide bonds. The van der Waals surface area contributed by atoms with Crippen LogP contribution in [0.5, 0.6) is 5.75 Å². The van der Waals surface area contributed by atoms with Gasteiger partial charge in [0.05, 0.1) is 0 Å². The molecule has 0 radical (unpaired) electrons.